The molecule has 2 aromatic rings. The van der Waals surface area contributed by atoms with Crippen molar-refractivity contribution in [1.29, 1.82) is 0 Å². The summed E-state index contributed by atoms with van der Waals surface area (Å²) in [5.41, 5.74) is 4.23. The summed E-state index contributed by atoms with van der Waals surface area (Å²) in [5, 5.41) is 3.02. The van der Waals surface area contributed by atoms with E-state index < -0.39 is 0 Å². The largest absolute Gasteiger partial charge is 0.374 e. The lowest BCUT2D eigenvalue weighted by Crippen LogP contribution is -2.47. The second-order valence-corrected chi connectivity index (χ2v) is 6.80. The summed E-state index contributed by atoms with van der Waals surface area (Å²) >= 11 is 0. The highest BCUT2D eigenvalue weighted by Crippen LogP contribution is 2.11. The molecule has 0 aromatic heterocycles. The molecule has 4 nitrogen and oxygen atoms in total. The monoisotopic (exact) mass is 338 g/mol. The van der Waals surface area contributed by atoms with E-state index in [2.05, 4.69) is 40.5 Å². The highest BCUT2D eigenvalue weighted by Gasteiger charge is 2.21. The standard InChI is InChI=1S/C21H26N2O2/c1-16-10-17(2)12-19(11-16)21(24)22-13-20-15-23(8-9-25-20)14-18-6-4-3-5-7-18/h3-7,10-12,20H,8-9,13-15H2,1-2H3,(H,22,24). The summed E-state index contributed by atoms with van der Waals surface area (Å²) in [6.45, 7) is 7.95. The van der Waals surface area contributed by atoms with E-state index in [0.29, 0.717) is 13.2 Å². The fourth-order valence-corrected chi connectivity index (χ4v) is 3.30. The number of hydrogen-bond donors (Lipinski definition) is 1. The molecule has 1 saturated heterocycles. The fourth-order valence-electron chi connectivity index (χ4n) is 3.30. The van der Waals surface area contributed by atoms with E-state index in [0.717, 1.165) is 36.3 Å². The van der Waals surface area contributed by atoms with Gasteiger partial charge in [-0.05, 0) is 31.5 Å². The third-order valence-electron chi connectivity index (χ3n) is 4.45. The summed E-state index contributed by atoms with van der Waals surface area (Å²) in [5.74, 6) is -0.0319. The van der Waals surface area contributed by atoms with Gasteiger partial charge in [0.05, 0.1) is 12.7 Å². The van der Waals surface area contributed by atoms with Gasteiger partial charge in [0.2, 0.25) is 0 Å². The zero-order valence-corrected chi connectivity index (χ0v) is 15.0. The molecule has 1 heterocycles. The third-order valence-corrected chi connectivity index (χ3v) is 4.45. The third kappa shape index (κ3) is 5.15. The van der Waals surface area contributed by atoms with Crippen molar-refractivity contribution >= 4 is 5.91 Å². The van der Waals surface area contributed by atoms with Crippen LogP contribution in [-0.2, 0) is 11.3 Å². The van der Waals surface area contributed by atoms with E-state index in [1.807, 2.05) is 32.0 Å². The Morgan fingerprint density at radius 2 is 1.88 bits per heavy atom. The highest BCUT2D eigenvalue weighted by molar-refractivity contribution is 5.94. The predicted molar refractivity (Wildman–Crippen MR) is 99.7 cm³/mol. The molecule has 1 N–H and O–H groups in total. The normalized spacial score (nSPS) is 18.1. The van der Waals surface area contributed by atoms with Gasteiger partial charge in [0.1, 0.15) is 0 Å². The van der Waals surface area contributed by atoms with Gasteiger partial charge in [0.15, 0.2) is 0 Å². The van der Waals surface area contributed by atoms with Crippen LogP contribution in [0.3, 0.4) is 0 Å². The van der Waals surface area contributed by atoms with Crippen LogP contribution in [0.15, 0.2) is 48.5 Å². The van der Waals surface area contributed by atoms with E-state index in [4.69, 9.17) is 4.74 Å². The van der Waals surface area contributed by atoms with Crippen LogP contribution < -0.4 is 5.32 Å². The first-order chi connectivity index (χ1) is 12.1. The van der Waals surface area contributed by atoms with Crippen molar-refractivity contribution in [1.82, 2.24) is 10.2 Å². The summed E-state index contributed by atoms with van der Waals surface area (Å²) in [7, 11) is 0. The molecule has 0 radical (unpaired) electrons. The van der Waals surface area contributed by atoms with Gasteiger partial charge in [-0.25, -0.2) is 0 Å². The molecule has 0 aliphatic carbocycles. The lowest BCUT2D eigenvalue weighted by molar-refractivity contribution is -0.0292. The molecule has 1 atom stereocenters. The van der Waals surface area contributed by atoms with Gasteiger partial charge >= 0.3 is 0 Å². The zero-order chi connectivity index (χ0) is 17.6. The van der Waals surface area contributed by atoms with Gasteiger partial charge in [-0.3, -0.25) is 9.69 Å². The van der Waals surface area contributed by atoms with Crippen LogP contribution in [0.5, 0.6) is 0 Å². The Balaban J connectivity index is 1.51. The first kappa shape index (κ1) is 17.6. The van der Waals surface area contributed by atoms with Gasteiger partial charge < -0.3 is 10.1 Å². The van der Waals surface area contributed by atoms with Crippen LogP contribution in [0, 0.1) is 13.8 Å². The fraction of sp³-hybridized carbons (Fsp3) is 0.381. The van der Waals surface area contributed by atoms with Crippen LogP contribution in [0.2, 0.25) is 0 Å². The molecule has 0 bridgehead atoms. The molecule has 0 spiro atoms. The van der Waals surface area contributed by atoms with Crippen molar-refractivity contribution < 1.29 is 9.53 Å². The van der Waals surface area contributed by atoms with Crippen LogP contribution in [-0.4, -0.2) is 43.2 Å². The Morgan fingerprint density at radius 1 is 1.16 bits per heavy atom. The molecular formula is C21H26N2O2. The number of rotatable bonds is 5. The molecule has 1 fully saturated rings. The van der Waals surface area contributed by atoms with E-state index in [1.165, 1.54) is 5.56 Å². The molecule has 4 heteroatoms. The number of benzene rings is 2. The maximum atomic E-state index is 12.4. The second-order valence-electron chi connectivity index (χ2n) is 6.80. The average Bonchev–Trinajstić information content (AvgIpc) is 2.60. The number of nitrogens with one attached hydrogen (secondary N) is 1. The Bertz CT molecular complexity index is 695. The van der Waals surface area contributed by atoms with Crippen molar-refractivity contribution in [3.05, 3.63) is 70.8 Å². The molecule has 132 valence electrons. The number of nitrogens with zero attached hydrogens (tertiary/aromatic N) is 1. The number of carbonyl (C=O) groups is 1. The van der Waals surface area contributed by atoms with E-state index in [-0.39, 0.29) is 12.0 Å². The number of aryl methyl sites for hydroxylation is 2. The van der Waals surface area contributed by atoms with E-state index in [9.17, 15) is 4.79 Å². The number of hydrogen-bond acceptors (Lipinski definition) is 3. The molecule has 1 amide bonds. The maximum Gasteiger partial charge on any atom is 0.251 e. The van der Waals surface area contributed by atoms with Crippen LogP contribution in [0.25, 0.3) is 0 Å². The van der Waals surface area contributed by atoms with Crippen molar-refractivity contribution in [2.24, 2.45) is 0 Å². The average molecular weight is 338 g/mol. The Morgan fingerprint density at radius 3 is 2.60 bits per heavy atom. The van der Waals surface area contributed by atoms with E-state index >= 15 is 0 Å². The van der Waals surface area contributed by atoms with Crippen LogP contribution >= 0.6 is 0 Å². The van der Waals surface area contributed by atoms with Crippen molar-refractivity contribution in [3.63, 3.8) is 0 Å². The number of ether oxygens (including phenoxy) is 1. The summed E-state index contributed by atoms with van der Waals surface area (Å²) in [6.07, 6.45) is 0.0346. The Labute approximate surface area is 149 Å². The van der Waals surface area contributed by atoms with Gasteiger partial charge in [-0.15, -0.1) is 0 Å². The molecule has 2 aromatic carbocycles. The smallest absolute Gasteiger partial charge is 0.251 e. The second kappa shape index (κ2) is 8.28. The predicted octanol–water partition coefficient (Wildman–Crippen LogP) is 2.93. The van der Waals surface area contributed by atoms with Gasteiger partial charge in [-0.1, -0.05) is 47.5 Å². The molecule has 1 aliphatic rings. The topological polar surface area (TPSA) is 41.6 Å². The minimum atomic E-state index is -0.0319. The molecule has 25 heavy (non-hydrogen) atoms. The SMILES string of the molecule is Cc1cc(C)cc(C(=O)NCC2CN(Cc3ccccc3)CCO2)c1. The van der Waals surface area contributed by atoms with Crippen molar-refractivity contribution in [3.8, 4) is 0 Å². The zero-order valence-electron chi connectivity index (χ0n) is 15.0. The first-order valence-electron chi connectivity index (χ1n) is 8.84. The molecular weight excluding hydrogens is 312 g/mol. The number of morpholine rings is 1. The lowest BCUT2D eigenvalue weighted by atomic mass is 10.1. The summed E-state index contributed by atoms with van der Waals surface area (Å²) in [6, 6.07) is 16.4. The molecule has 1 unspecified atom stereocenters. The van der Waals surface area contributed by atoms with E-state index in [1.54, 1.807) is 0 Å². The summed E-state index contributed by atoms with van der Waals surface area (Å²) in [4.78, 5) is 14.8. The minimum absolute atomic E-state index is 0.0319. The van der Waals surface area contributed by atoms with Crippen molar-refractivity contribution in [2.75, 3.05) is 26.2 Å². The van der Waals surface area contributed by atoms with Gasteiger partial charge in [0, 0.05) is 31.7 Å². The Kier molecular flexibility index (Phi) is 5.84. The van der Waals surface area contributed by atoms with Gasteiger partial charge in [0.25, 0.3) is 5.91 Å². The quantitative estimate of drug-likeness (QED) is 0.911. The van der Waals surface area contributed by atoms with Crippen LogP contribution in [0.1, 0.15) is 27.0 Å². The molecule has 0 saturated carbocycles. The number of amides is 1. The minimum Gasteiger partial charge on any atom is -0.374 e. The maximum absolute atomic E-state index is 12.4. The number of carbonyl (C=O) groups excluding carboxylic acids is 1. The highest BCUT2D eigenvalue weighted by atomic mass is 16.5. The van der Waals surface area contributed by atoms with Crippen molar-refractivity contribution in [2.45, 2.75) is 26.5 Å². The summed E-state index contributed by atoms with van der Waals surface area (Å²) < 4.78 is 5.82. The van der Waals surface area contributed by atoms with Crippen LogP contribution in [0.4, 0.5) is 0 Å². The molecule has 3 rings (SSSR count). The molecule has 1 aliphatic heterocycles. The Hall–Kier alpha value is -2.17. The first-order valence-corrected chi connectivity index (χ1v) is 8.84. The lowest BCUT2D eigenvalue weighted by Gasteiger charge is -2.33. The van der Waals surface area contributed by atoms with Gasteiger partial charge in [-0.2, -0.15) is 0 Å².